The first-order valence-corrected chi connectivity index (χ1v) is 12.2. The molecule has 34 heavy (non-hydrogen) atoms. The van der Waals surface area contributed by atoms with Gasteiger partial charge in [-0.1, -0.05) is 72.2 Å². The highest BCUT2D eigenvalue weighted by Gasteiger charge is 2.45. The third-order valence-corrected chi connectivity index (χ3v) is 7.34. The summed E-state index contributed by atoms with van der Waals surface area (Å²) >= 11 is 0. The highest BCUT2D eigenvalue weighted by Crippen LogP contribution is 2.53. The molecule has 0 heterocycles. The van der Waals surface area contributed by atoms with Crippen molar-refractivity contribution in [2.45, 2.75) is 92.6 Å². The molecule has 3 N–H and O–H groups in total. The smallest absolute Gasteiger partial charge is 0.126 e. The van der Waals surface area contributed by atoms with E-state index in [9.17, 15) is 15.3 Å². The van der Waals surface area contributed by atoms with Crippen LogP contribution in [0.25, 0.3) is 5.57 Å². The van der Waals surface area contributed by atoms with Crippen LogP contribution < -0.4 is 0 Å². The first-order valence-electron chi connectivity index (χ1n) is 12.2. The number of hydrogen-bond acceptors (Lipinski definition) is 3. The molecule has 0 saturated heterocycles. The van der Waals surface area contributed by atoms with E-state index >= 15 is 0 Å². The van der Waals surface area contributed by atoms with Gasteiger partial charge < -0.3 is 15.3 Å². The van der Waals surface area contributed by atoms with Crippen LogP contribution in [-0.2, 0) is 16.4 Å². The lowest BCUT2D eigenvalue weighted by Crippen LogP contribution is -2.38. The van der Waals surface area contributed by atoms with E-state index < -0.39 is 11.5 Å². The van der Waals surface area contributed by atoms with E-state index in [0.29, 0.717) is 5.56 Å². The highest BCUT2D eigenvalue weighted by atomic mass is 16.3. The van der Waals surface area contributed by atoms with Crippen LogP contribution >= 0.6 is 0 Å². The number of aryl methyl sites for hydroxylation is 2. The quantitative estimate of drug-likeness (QED) is 0.431. The summed E-state index contributed by atoms with van der Waals surface area (Å²) in [6, 6.07) is 7.94. The van der Waals surface area contributed by atoms with Gasteiger partial charge in [-0.2, -0.15) is 0 Å². The van der Waals surface area contributed by atoms with Gasteiger partial charge in [0.15, 0.2) is 0 Å². The number of allylic oxidation sites excluding steroid dienone is 2. The first kappa shape index (κ1) is 26.1. The number of phenolic OH excluding ortho intramolecular Hbond substituents is 2. The molecule has 0 bridgehead atoms. The maximum absolute atomic E-state index is 12.4. The fourth-order valence-corrected chi connectivity index (χ4v) is 5.49. The fourth-order valence-electron chi connectivity index (χ4n) is 5.49. The second-order valence-electron chi connectivity index (χ2n) is 12.3. The van der Waals surface area contributed by atoms with Crippen molar-refractivity contribution in [1.82, 2.24) is 0 Å². The van der Waals surface area contributed by atoms with Crippen LogP contribution in [0.15, 0.2) is 41.5 Å². The average molecular weight is 463 g/mol. The summed E-state index contributed by atoms with van der Waals surface area (Å²) in [5.41, 5.74) is 5.81. The summed E-state index contributed by atoms with van der Waals surface area (Å²) in [4.78, 5) is 0. The van der Waals surface area contributed by atoms with Crippen LogP contribution in [-0.4, -0.2) is 15.3 Å². The van der Waals surface area contributed by atoms with Crippen LogP contribution in [0.3, 0.4) is 0 Å². The van der Waals surface area contributed by atoms with Crippen LogP contribution in [0, 0.1) is 19.8 Å². The van der Waals surface area contributed by atoms with Crippen LogP contribution in [0.1, 0.15) is 95.7 Å². The molecule has 2 aromatic carbocycles. The first-order chi connectivity index (χ1) is 15.4. The lowest BCUT2D eigenvalue weighted by molar-refractivity contribution is 0.0384. The summed E-state index contributed by atoms with van der Waals surface area (Å²) in [6.45, 7) is 22.5. The predicted molar refractivity (Wildman–Crippen MR) is 142 cm³/mol. The molecule has 0 fully saturated rings. The van der Waals surface area contributed by atoms with E-state index in [-0.39, 0.29) is 22.3 Å². The minimum atomic E-state index is -1.41. The van der Waals surface area contributed by atoms with Crippen molar-refractivity contribution in [2.24, 2.45) is 5.92 Å². The number of benzene rings is 2. The van der Waals surface area contributed by atoms with Gasteiger partial charge in [0.1, 0.15) is 17.1 Å². The number of rotatable bonds is 2. The lowest BCUT2D eigenvalue weighted by Gasteiger charge is -2.42. The zero-order chi connectivity index (χ0) is 26.0. The summed E-state index contributed by atoms with van der Waals surface area (Å²) < 4.78 is 0. The molecular weight excluding hydrogens is 420 g/mol. The summed E-state index contributed by atoms with van der Waals surface area (Å²) in [5, 5.41) is 35.2. The molecule has 2 atom stereocenters. The minimum absolute atomic E-state index is 0.142. The third-order valence-electron chi connectivity index (χ3n) is 7.34. The minimum Gasteiger partial charge on any atom is -0.507 e. The van der Waals surface area contributed by atoms with Gasteiger partial charge in [0.25, 0.3) is 0 Å². The van der Waals surface area contributed by atoms with E-state index in [1.54, 1.807) is 0 Å². The Bertz CT molecular complexity index is 1200. The van der Waals surface area contributed by atoms with Crippen molar-refractivity contribution < 1.29 is 15.3 Å². The number of aromatic hydroxyl groups is 2. The topological polar surface area (TPSA) is 60.7 Å². The molecule has 0 aliphatic heterocycles. The predicted octanol–water partition coefficient (Wildman–Crippen LogP) is 7.57. The lowest BCUT2D eigenvalue weighted by atomic mass is 9.66. The zero-order valence-electron chi connectivity index (χ0n) is 22.8. The molecule has 3 nitrogen and oxygen atoms in total. The number of hydrogen-bond donors (Lipinski definition) is 3. The number of phenols is 2. The normalized spacial score (nSPS) is 21.6. The molecule has 184 valence electrons. The van der Waals surface area contributed by atoms with Crippen LogP contribution in [0.2, 0.25) is 0 Å². The molecule has 1 aliphatic rings. The van der Waals surface area contributed by atoms with Crippen molar-refractivity contribution >= 4 is 5.57 Å². The second kappa shape index (κ2) is 8.30. The molecule has 0 amide bonds. The van der Waals surface area contributed by atoms with E-state index in [1.165, 1.54) is 0 Å². The summed E-state index contributed by atoms with van der Waals surface area (Å²) in [5.74, 6) is 0.0138. The molecule has 3 rings (SSSR count). The summed E-state index contributed by atoms with van der Waals surface area (Å²) in [6.07, 6.45) is 1.99. The zero-order valence-corrected chi connectivity index (χ0v) is 22.8. The summed E-state index contributed by atoms with van der Waals surface area (Å²) in [7, 11) is 0. The molecule has 3 heteroatoms. The second-order valence-corrected chi connectivity index (χ2v) is 12.3. The molecule has 0 spiro atoms. The van der Waals surface area contributed by atoms with Gasteiger partial charge in [-0.25, -0.2) is 0 Å². The molecule has 2 aromatic rings. The Morgan fingerprint density at radius 3 is 1.71 bits per heavy atom. The number of aliphatic hydroxyl groups is 1. The maximum Gasteiger partial charge on any atom is 0.126 e. The Hall–Kier alpha value is -2.52. The van der Waals surface area contributed by atoms with Crippen molar-refractivity contribution in [3.8, 4) is 11.5 Å². The van der Waals surface area contributed by atoms with Crippen LogP contribution in [0.4, 0.5) is 0 Å². The van der Waals surface area contributed by atoms with Gasteiger partial charge in [-0.3, -0.25) is 0 Å². The van der Waals surface area contributed by atoms with Gasteiger partial charge in [0.05, 0.1) is 0 Å². The van der Waals surface area contributed by atoms with E-state index in [1.807, 2.05) is 65.0 Å². The fraction of sp³-hybridized carbons (Fsp3) is 0.484. The SMILES string of the molecule is CC1=CC(C)=C(c2cc(C)cc(C(C)(C)C)c2O)C(C)C1(O)c1cc(C)cc(C(C)(C)C)c1O. The van der Waals surface area contributed by atoms with E-state index in [2.05, 4.69) is 41.5 Å². The Labute approximate surface area is 205 Å². The van der Waals surface area contributed by atoms with Crippen molar-refractivity contribution in [1.29, 1.82) is 0 Å². The Kier molecular flexibility index (Phi) is 6.37. The molecule has 0 radical (unpaired) electrons. The molecule has 0 aromatic heterocycles. The van der Waals surface area contributed by atoms with E-state index in [0.717, 1.165) is 44.5 Å². The molecule has 1 aliphatic carbocycles. The highest BCUT2D eigenvalue weighted by molar-refractivity contribution is 5.81. The largest absolute Gasteiger partial charge is 0.507 e. The van der Waals surface area contributed by atoms with Crippen molar-refractivity contribution in [2.75, 3.05) is 0 Å². The van der Waals surface area contributed by atoms with Crippen molar-refractivity contribution in [3.05, 3.63) is 74.9 Å². The van der Waals surface area contributed by atoms with E-state index in [4.69, 9.17) is 0 Å². The Balaban J connectivity index is 2.33. The van der Waals surface area contributed by atoms with Crippen molar-refractivity contribution in [3.63, 3.8) is 0 Å². The Morgan fingerprint density at radius 2 is 1.21 bits per heavy atom. The molecule has 2 unspecified atom stereocenters. The maximum atomic E-state index is 12.4. The standard InChI is InChI=1S/C31H42O3/c1-17-12-22(27(32)23(13-17)29(6,7)8)26-19(3)16-20(4)31(34,21(26)5)25-15-18(2)14-24(28(25)33)30(9,10)11/h12-16,21,32-34H,1-11H3. The third kappa shape index (κ3) is 4.20. The Morgan fingerprint density at radius 1 is 0.735 bits per heavy atom. The van der Waals surface area contributed by atoms with Gasteiger partial charge in [0.2, 0.25) is 0 Å². The van der Waals surface area contributed by atoms with Crippen LogP contribution in [0.5, 0.6) is 11.5 Å². The molecular formula is C31H42O3. The molecule has 0 saturated carbocycles. The monoisotopic (exact) mass is 462 g/mol. The van der Waals surface area contributed by atoms with Gasteiger partial charge in [-0.15, -0.1) is 0 Å². The van der Waals surface area contributed by atoms with Gasteiger partial charge in [0, 0.05) is 22.6 Å². The van der Waals surface area contributed by atoms with Gasteiger partial charge >= 0.3 is 0 Å². The van der Waals surface area contributed by atoms with Gasteiger partial charge in [-0.05, 0) is 78.5 Å². The average Bonchev–Trinajstić information content (AvgIpc) is 2.68.